The molecule has 4 N–H and O–H groups in total. The van der Waals surface area contributed by atoms with Crippen molar-refractivity contribution in [3.63, 3.8) is 0 Å². The van der Waals surface area contributed by atoms with E-state index in [1.165, 1.54) is 6.19 Å². The van der Waals surface area contributed by atoms with Crippen LogP contribution in [0.4, 0.5) is 0 Å². The summed E-state index contributed by atoms with van der Waals surface area (Å²) in [5, 5.41) is 7.64. The van der Waals surface area contributed by atoms with E-state index >= 15 is 0 Å². The number of hydrogen-bond donors (Lipinski definition) is 2. The molecule has 0 fully saturated rings. The average molecular weight is 123 g/mol. The van der Waals surface area contributed by atoms with Gasteiger partial charge in [-0.15, -0.1) is 4.99 Å². The Morgan fingerprint density at radius 3 is 2.00 bits per heavy atom. The minimum Gasteiger partial charge on any atom is -0.369 e. The van der Waals surface area contributed by atoms with Crippen LogP contribution in [0.15, 0.2) is 4.99 Å². The Labute approximate surface area is 84.0 Å². The van der Waals surface area contributed by atoms with Gasteiger partial charge in [-0.1, -0.05) is 0 Å². The second kappa shape index (κ2) is 6.40. The maximum Gasteiger partial charge on any atom is 0.209 e. The summed E-state index contributed by atoms with van der Waals surface area (Å²) in [6, 6.07) is 0. The molecule has 0 aromatic carbocycles. The Morgan fingerprint density at radius 2 is 2.00 bits per heavy atom. The number of nitriles is 1. The molecule has 0 amide bonds. The summed E-state index contributed by atoms with van der Waals surface area (Å²) in [7, 11) is 0. The van der Waals surface area contributed by atoms with Crippen molar-refractivity contribution < 1.29 is 0 Å². The van der Waals surface area contributed by atoms with E-state index in [2.05, 4.69) is 4.99 Å². The number of nitrogens with two attached hydrogens (primary N) is 2. The Kier molecular flexibility index (Phi) is 9.50. The van der Waals surface area contributed by atoms with Gasteiger partial charge in [-0.3, -0.25) is 0 Å². The van der Waals surface area contributed by atoms with Crippen LogP contribution in [0, 0.1) is 11.5 Å². The molecule has 0 saturated heterocycles. The Bertz CT molecular complexity index is 96.7. The molecule has 0 atom stereocenters. The standard InChI is InChI=1S/C2H4N4.K/c3-1-6-2(4)5;/h(H4,4,5,6);. The number of rotatable bonds is 0. The van der Waals surface area contributed by atoms with Crippen LogP contribution in [-0.4, -0.2) is 57.3 Å². The van der Waals surface area contributed by atoms with Crippen LogP contribution >= 0.6 is 0 Å². The molecule has 0 spiro atoms. The van der Waals surface area contributed by atoms with E-state index in [1.54, 1.807) is 0 Å². The van der Waals surface area contributed by atoms with Gasteiger partial charge in [-0.25, -0.2) is 0 Å². The van der Waals surface area contributed by atoms with Crippen LogP contribution in [-0.2, 0) is 0 Å². The third-order valence-corrected chi connectivity index (χ3v) is 0.179. The molecule has 0 aromatic heterocycles. The smallest absolute Gasteiger partial charge is 0.209 e. The van der Waals surface area contributed by atoms with Crippen molar-refractivity contribution in [2.24, 2.45) is 16.5 Å². The Balaban J connectivity index is 0. The molecule has 0 bridgehead atoms. The molecular weight excluding hydrogens is 119 g/mol. The van der Waals surface area contributed by atoms with Crippen molar-refractivity contribution in [3.8, 4) is 6.19 Å². The fraction of sp³-hybridized carbons (Fsp3) is 0. The summed E-state index contributed by atoms with van der Waals surface area (Å²) >= 11 is 0. The maximum absolute atomic E-state index is 7.64. The normalized spacial score (nSPS) is 5.00. The predicted molar refractivity (Wildman–Crippen MR) is 27.2 cm³/mol. The largest absolute Gasteiger partial charge is 0.369 e. The van der Waals surface area contributed by atoms with E-state index in [0.29, 0.717) is 0 Å². The molecule has 33 valence electrons. The summed E-state index contributed by atoms with van der Waals surface area (Å²) in [6.07, 6.45) is 1.41. The van der Waals surface area contributed by atoms with Gasteiger partial charge in [0, 0.05) is 51.4 Å². The van der Waals surface area contributed by atoms with Gasteiger partial charge in [0.05, 0.1) is 0 Å². The Morgan fingerprint density at radius 1 is 1.57 bits per heavy atom. The van der Waals surface area contributed by atoms with E-state index in [-0.39, 0.29) is 57.3 Å². The molecular formula is C2H4KN4. The minimum absolute atomic E-state index is 0. The van der Waals surface area contributed by atoms with E-state index < -0.39 is 0 Å². The first kappa shape index (κ1) is 10.4. The van der Waals surface area contributed by atoms with Gasteiger partial charge in [-0.05, 0) is 0 Å². The molecule has 1 radical (unpaired) electrons. The monoisotopic (exact) mass is 123 g/mol. The van der Waals surface area contributed by atoms with Crippen molar-refractivity contribution in [1.82, 2.24) is 0 Å². The van der Waals surface area contributed by atoms with Gasteiger partial charge in [0.15, 0.2) is 0 Å². The topological polar surface area (TPSA) is 88.2 Å². The molecule has 0 aliphatic heterocycles. The minimum atomic E-state index is -0.197. The van der Waals surface area contributed by atoms with Crippen molar-refractivity contribution >= 4 is 57.3 Å². The van der Waals surface area contributed by atoms with Crippen LogP contribution in [0.1, 0.15) is 0 Å². The summed E-state index contributed by atoms with van der Waals surface area (Å²) in [6.45, 7) is 0. The molecule has 0 saturated carbocycles. The van der Waals surface area contributed by atoms with Crippen LogP contribution in [0.3, 0.4) is 0 Å². The molecule has 0 rings (SSSR count). The molecule has 0 heterocycles. The van der Waals surface area contributed by atoms with E-state index in [0.717, 1.165) is 0 Å². The first-order valence-corrected chi connectivity index (χ1v) is 1.25. The Hall–Kier alpha value is 0.396. The summed E-state index contributed by atoms with van der Waals surface area (Å²) in [5.41, 5.74) is 9.42. The van der Waals surface area contributed by atoms with E-state index in [1.807, 2.05) is 0 Å². The van der Waals surface area contributed by atoms with Crippen LogP contribution in [0.25, 0.3) is 0 Å². The van der Waals surface area contributed by atoms with Crippen LogP contribution < -0.4 is 11.5 Å². The quantitative estimate of drug-likeness (QED) is 0.175. The third-order valence-electron chi connectivity index (χ3n) is 0.179. The molecule has 4 nitrogen and oxygen atoms in total. The third kappa shape index (κ3) is 10.7. The zero-order valence-corrected chi connectivity index (χ0v) is 7.17. The number of guanidine groups is 1. The second-order valence-corrected chi connectivity index (χ2v) is 0.637. The van der Waals surface area contributed by atoms with Gasteiger partial charge in [0.2, 0.25) is 12.2 Å². The average Bonchev–Trinajstić information content (AvgIpc) is 1.35. The SMILES string of the molecule is N#CN=C(N)N.[K]. The zero-order valence-electron chi connectivity index (χ0n) is 4.05. The summed E-state index contributed by atoms with van der Waals surface area (Å²) in [4.78, 5) is 2.90. The van der Waals surface area contributed by atoms with Crippen LogP contribution in [0.5, 0.6) is 0 Å². The molecule has 0 aromatic rings. The zero-order chi connectivity index (χ0) is 4.99. The van der Waals surface area contributed by atoms with Crippen molar-refractivity contribution in [2.45, 2.75) is 0 Å². The number of nitrogens with zero attached hydrogens (tertiary/aromatic N) is 2. The van der Waals surface area contributed by atoms with E-state index in [9.17, 15) is 0 Å². The first-order valence-electron chi connectivity index (χ1n) is 1.25. The molecule has 0 aliphatic carbocycles. The number of aliphatic imine (C=N–C) groups is 1. The van der Waals surface area contributed by atoms with Crippen molar-refractivity contribution in [1.29, 1.82) is 5.26 Å². The molecule has 7 heavy (non-hydrogen) atoms. The summed E-state index contributed by atoms with van der Waals surface area (Å²) < 4.78 is 0. The van der Waals surface area contributed by atoms with Gasteiger partial charge < -0.3 is 11.5 Å². The molecule has 0 aliphatic rings. The summed E-state index contributed by atoms with van der Waals surface area (Å²) in [5.74, 6) is -0.197. The van der Waals surface area contributed by atoms with Gasteiger partial charge in [0.25, 0.3) is 0 Å². The fourth-order valence-corrected chi connectivity index (χ4v) is 0.0577. The number of hydrogen-bond acceptors (Lipinski definition) is 2. The first-order chi connectivity index (χ1) is 2.77. The maximum atomic E-state index is 7.64. The van der Waals surface area contributed by atoms with Gasteiger partial charge in [-0.2, -0.15) is 5.26 Å². The van der Waals surface area contributed by atoms with Gasteiger partial charge >= 0.3 is 0 Å². The molecule has 0 unspecified atom stereocenters. The fourth-order valence-electron chi connectivity index (χ4n) is 0.0577. The van der Waals surface area contributed by atoms with E-state index in [4.69, 9.17) is 16.7 Å². The second-order valence-electron chi connectivity index (χ2n) is 0.637. The predicted octanol–water partition coefficient (Wildman–Crippen LogP) is -1.64. The van der Waals surface area contributed by atoms with Crippen molar-refractivity contribution in [2.75, 3.05) is 0 Å². The van der Waals surface area contributed by atoms with Crippen molar-refractivity contribution in [3.05, 3.63) is 0 Å². The van der Waals surface area contributed by atoms with Gasteiger partial charge in [0.1, 0.15) is 0 Å². The molecule has 5 heteroatoms. The van der Waals surface area contributed by atoms with Crippen LogP contribution in [0.2, 0.25) is 0 Å².